The molecule has 130 valence electrons. The molecule has 0 saturated heterocycles. The molecule has 0 aromatic carbocycles. The van der Waals surface area contributed by atoms with Gasteiger partial charge in [-0.05, 0) is 0 Å². The molecule has 0 rings (SSSR count). The Kier molecular flexibility index (Phi) is 9810. The molecule has 4 heteroatoms. The van der Waals surface area contributed by atoms with Gasteiger partial charge in [0.2, 0.25) is 0 Å². The average molecular weight is 598 g/mol. The van der Waals surface area contributed by atoms with Gasteiger partial charge in [0, 0.05) is 65.4 Å². The Hall–Kier alpha value is 4.42. The first-order valence-electron chi connectivity index (χ1n) is 1.41. The Morgan fingerprint density at radius 2 is 0.350 bits per heavy atom. The maximum atomic E-state index is 3.25. The van der Waals surface area contributed by atoms with Crippen molar-refractivity contribution >= 4 is 0 Å². The Morgan fingerprint density at radius 1 is 0.350 bits per heavy atom. The van der Waals surface area contributed by atoms with E-state index >= 15 is 0 Å². The smallest absolute Gasteiger partial charge is 0.358 e. The molecule has 0 amide bonds. The molecule has 0 fully saturated rings. The summed E-state index contributed by atoms with van der Waals surface area (Å²) in [5, 5.41) is 0. The van der Waals surface area contributed by atoms with E-state index < -0.39 is 0 Å². The van der Waals surface area contributed by atoms with Crippen LogP contribution in [-0.4, -0.2) is 0 Å². The van der Waals surface area contributed by atoms with Crippen molar-refractivity contribution in [2.45, 2.75) is 43.6 Å². The van der Waals surface area contributed by atoms with Crippen LogP contribution >= 0.6 is 0 Å². The van der Waals surface area contributed by atoms with Gasteiger partial charge in [-0.3, -0.25) is 0 Å². The number of hydrogen-bond acceptors (Lipinski definition) is 0. The zero-order chi connectivity index (χ0) is 4.00. The zero-order valence-corrected chi connectivity index (χ0v) is 25.1. The quantitative estimate of drug-likeness (QED) is 0.250. The molecule has 0 aromatic heterocycles. The average Bonchev–Trinajstić information content (AvgIpc) is 1.50. The molecule has 0 spiro atoms. The van der Waals surface area contributed by atoms with E-state index in [1.165, 1.54) is 0 Å². The van der Waals surface area contributed by atoms with Crippen LogP contribution in [0.5, 0.6) is 0 Å². The van der Waals surface area contributed by atoms with Crippen molar-refractivity contribution in [3.8, 4) is 0 Å². The Bertz CT molecular complexity index is 14.4. The van der Waals surface area contributed by atoms with Gasteiger partial charge in [-0.2, -0.15) is 13.8 Å². The Morgan fingerprint density at radius 3 is 0.350 bits per heavy atom. The van der Waals surface area contributed by atoms with Gasteiger partial charge in [-0.1, -0.05) is 29.7 Å². The van der Waals surface area contributed by atoms with E-state index in [0.29, 0.717) is 0 Å². The van der Waals surface area contributed by atoms with Crippen molar-refractivity contribution < 1.29 is 131 Å². The first kappa shape index (κ1) is 325. The molecule has 0 atom stereocenters. The summed E-state index contributed by atoms with van der Waals surface area (Å²) in [6, 6.07) is 0. The van der Waals surface area contributed by atoms with Crippen molar-refractivity contribution in [2.75, 3.05) is 0 Å². The number of hydrogen-bond donors (Lipinski definition) is 0. The first-order chi connectivity index (χ1) is 2.00. The maximum Gasteiger partial charge on any atom is 3.00 e. The molecule has 20 heavy (non-hydrogen) atoms. The van der Waals surface area contributed by atoms with E-state index in [-0.39, 0.29) is 220 Å². The molecular weight excluding hydrogens is 548 g/mol. The predicted octanol–water partition coefficient (Wildman–Crippen LogP) is 7.82. The van der Waals surface area contributed by atoms with Crippen LogP contribution in [0.3, 0.4) is 0 Å². The SMILES string of the molecule is C.C.C.C.[CH2-]C.[CH2-]C.[CH3-].[CH3-].[CH3-].[CH3-].[CH3-].[CH3-].[CH3-].[CH3-].[Y+3].[Y+3].[Y].[Y]. The van der Waals surface area contributed by atoms with Crippen molar-refractivity contribution in [2.24, 2.45) is 0 Å². The summed E-state index contributed by atoms with van der Waals surface area (Å²) in [6.07, 6.45) is 0. The third-order valence-electron chi connectivity index (χ3n) is 0. The van der Waals surface area contributed by atoms with Crippen molar-refractivity contribution in [1.29, 1.82) is 0 Å². The van der Waals surface area contributed by atoms with Crippen LogP contribution in [-0.2, 0) is 131 Å². The monoisotopic (exact) mass is 598 g/mol. The van der Waals surface area contributed by atoms with Crippen molar-refractivity contribution in [1.82, 2.24) is 0 Å². The van der Waals surface area contributed by atoms with Gasteiger partial charge in [0.15, 0.2) is 0 Å². The van der Waals surface area contributed by atoms with Gasteiger partial charge >= 0.3 is 65.4 Å². The second-order valence-electron chi connectivity index (χ2n) is 0. The minimum absolute atomic E-state index is 0. The van der Waals surface area contributed by atoms with E-state index in [1.54, 1.807) is 13.8 Å². The fourth-order valence-corrected chi connectivity index (χ4v) is 0. The third kappa shape index (κ3) is 527. The van der Waals surface area contributed by atoms with Gasteiger partial charge in [-0.15, -0.1) is 0 Å². The topological polar surface area (TPSA) is 0 Å². The van der Waals surface area contributed by atoms with Gasteiger partial charge in [0.1, 0.15) is 0 Å². The molecule has 0 saturated carbocycles. The summed E-state index contributed by atoms with van der Waals surface area (Å²) in [5.41, 5.74) is 0. The molecule has 0 nitrogen and oxygen atoms in total. The maximum absolute atomic E-state index is 3.25. The molecule has 0 N–H and O–H groups in total. The number of rotatable bonds is 0. The summed E-state index contributed by atoms with van der Waals surface area (Å²) in [4.78, 5) is 0. The van der Waals surface area contributed by atoms with Gasteiger partial charge in [-0.25, -0.2) is 0 Å². The van der Waals surface area contributed by atoms with E-state index in [2.05, 4.69) is 13.8 Å². The second kappa shape index (κ2) is 603. The summed E-state index contributed by atoms with van der Waals surface area (Å²) < 4.78 is 0. The minimum atomic E-state index is 0. The van der Waals surface area contributed by atoms with Crippen LogP contribution in [0, 0.1) is 73.3 Å². The fourth-order valence-electron chi connectivity index (χ4n) is 0. The molecule has 0 aliphatic carbocycles. The van der Waals surface area contributed by atoms with Crippen molar-refractivity contribution in [3.05, 3.63) is 73.3 Å². The summed E-state index contributed by atoms with van der Waals surface area (Å²) in [6.45, 7) is 10.0. The van der Waals surface area contributed by atoms with Crippen LogP contribution in [0.25, 0.3) is 0 Å². The van der Waals surface area contributed by atoms with E-state index in [4.69, 9.17) is 0 Å². The van der Waals surface area contributed by atoms with Crippen LogP contribution in [0.4, 0.5) is 0 Å². The van der Waals surface area contributed by atoms with E-state index in [9.17, 15) is 0 Å². The van der Waals surface area contributed by atoms with Crippen LogP contribution in [0.2, 0.25) is 0 Å². The summed E-state index contributed by atoms with van der Waals surface area (Å²) in [7, 11) is 0. The Labute approximate surface area is 243 Å². The minimum Gasteiger partial charge on any atom is -0.358 e. The van der Waals surface area contributed by atoms with Crippen LogP contribution < -0.4 is 0 Å². The van der Waals surface area contributed by atoms with Crippen LogP contribution in [0.1, 0.15) is 43.6 Å². The van der Waals surface area contributed by atoms with E-state index in [0.717, 1.165) is 0 Å². The molecule has 0 aromatic rings. The third-order valence-corrected chi connectivity index (χ3v) is 0. The van der Waals surface area contributed by atoms with Gasteiger partial charge < -0.3 is 73.3 Å². The fraction of sp³-hybridized carbons (Fsp3) is 0.375. The van der Waals surface area contributed by atoms with Crippen molar-refractivity contribution in [3.63, 3.8) is 0 Å². The molecule has 0 aliphatic rings. The summed E-state index contributed by atoms with van der Waals surface area (Å²) in [5.74, 6) is 0. The molecule has 0 aliphatic heterocycles. The second-order valence-corrected chi connectivity index (χ2v) is 0. The summed E-state index contributed by atoms with van der Waals surface area (Å²) >= 11 is 0. The van der Waals surface area contributed by atoms with Gasteiger partial charge in [0.25, 0.3) is 0 Å². The molecule has 0 bridgehead atoms. The molecule has 2 radical (unpaired) electrons. The zero-order valence-electron chi connectivity index (χ0n) is 13.7. The van der Waals surface area contributed by atoms with E-state index in [1.807, 2.05) is 0 Å². The predicted molar refractivity (Wildman–Crippen MR) is 100 cm³/mol. The molecular formula is C16H50Y4-4. The largest absolute Gasteiger partial charge is 3.00 e. The Balaban J connectivity index is -0.000000000139. The van der Waals surface area contributed by atoms with Gasteiger partial charge in [0.05, 0.1) is 0 Å². The first-order valence-corrected chi connectivity index (χ1v) is 1.41. The van der Waals surface area contributed by atoms with Crippen LogP contribution in [0.15, 0.2) is 0 Å². The molecule has 0 unspecified atom stereocenters. The molecule has 0 heterocycles. The standard InChI is InChI=1S/2C2H5.4CH4.8CH3.4Y/c2*1-2;;;;;;;;;;;;;;;;/h2*1H2,2H3;4*1H4;8*1H3;;;;/q2*-1;;;;;8*-1;;;2*+3. The normalized spacial score (nSPS) is 0.600.